The summed E-state index contributed by atoms with van der Waals surface area (Å²) in [6.45, 7) is 3.34. The molecule has 2 rings (SSSR count). The molecular formula is C15H17ClFN3O. The predicted octanol–water partition coefficient (Wildman–Crippen LogP) is 3.44. The van der Waals surface area contributed by atoms with Crippen LogP contribution >= 0.6 is 11.6 Å². The van der Waals surface area contributed by atoms with Gasteiger partial charge in [0.15, 0.2) is 5.82 Å². The van der Waals surface area contributed by atoms with E-state index in [1.54, 1.807) is 12.1 Å². The molecule has 21 heavy (non-hydrogen) atoms. The molecule has 112 valence electrons. The van der Waals surface area contributed by atoms with Gasteiger partial charge in [0, 0.05) is 26.3 Å². The number of rotatable bonds is 6. The van der Waals surface area contributed by atoms with Crippen LogP contribution in [0.1, 0.15) is 18.3 Å². The Kier molecular flexibility index (Phi) is 5.47. The Bertz CT molecular complexity index is 609. The second kappa shape index (κ2) is 7.33. The van der Waals surface area contributed by atoms with E-state index in [0.29, 0.717) is 36.6 Å². The Balaban J connectivity index is 2.14. The van der Waals surface area contributed by atoms with Crippen LogP contribution in [0.4, 0.5) is 10.2 Å². The minimum absolute atomic E-state index is 0.251. The quantitative estimate of drug-likeness (QED) is 0.766. The molecule has 2 aromatic rings. The van der Waals surface area contributed by atoms with Crippen molar-refractivity contribution >= 4 is 17.4 Å². The molecule has 1 aromatic carbocycles. The van der Waals surface area contributed by atoms with E-state index >= 15 is 0 Å². The Morgan fingerprint density at radius 2 is 2.10 bits per heavy atom. The third-order valence-corrected chi connectivity index (χ3v) is 3.06. The monoisotopic (exact) mass is 309 g/mol. The summed E-state index contributed by atoms with van der Waals surface area (Å²) in [7, 11) is 1.87. The smallest absolute Gasteiger partial charge is 0.158 e. The molecule has 0 aliphatic rings. The van der Waals surface area contributed by atoms with Crippen molar-refractivity contribution in [2.45, 2.75) is 20.1 Å². The van der Waals surface area contributed by atoms with Crippen LogP contribution in [0, 0.1) is 5.82 Å². The molecule has 0 amide bonds. The number of hydrogen-bond donors (Lipinski definition) is 0. The summed E-state index contributed by atoms with van der Waals surface area (Å²) >= 11 is 6.01. The Morgan fingerprint density at radius 3 is 2.81 bits per heavy atom. The number of anilines is 1. The van der Waals surface area contributed by atoms with E-state index in [0.717, 1.165) is 5.56 Å². The average Bonchev–Trinajstić information content (AvgIpc) is 2.44. The van der Waals surface area contributed by atoms with Crippen LogP contribution in [0.5, 0.6) is 0 Å². The van der Waals surface area contributed by atoms with Gasteiger partial charge in [0.2, 0.25) is 0 Å². The first-order chi connectivity index (χ1) is 10.1. The van der Waals surface area contributed by atoms with Gasteiger partial charge >= 0.3 is 0 Å². The van der Waals surface area contributed by atoms with Crippen LogP contribution in [0.2, 0.25) is 5.15 Å². The topological polar surface area (TPSA) is 38.2 Å². The maximum Gasteiger partial charge on any atom is 0.158 e. The number of ether oxygens (including phenoxy) is 1. The summed E-state index contributed by atoms with van der Waals surface area (Å²) in [5.74, 6) is 0.957. The lowest BCUT2D eigenvalue weighted by molar-refractivity contribution is 0.128. The number of benzene rings is 1. The molecule has 0 bridgehead atoms. The van der Waals surface area contributed by atoms with E-state index in [1.807, 2.05) is 24.9 Å². The van der Waals surface area contributed by atoms with Crippen LogP contribution in [-0.4, -0.2) is 23.6 Å². The fourth-order valence-electron chi connectivity index (χ4n) is 1.90. The minimum Gasteiger partial charge on any atom is -0.374 e. The first-order valence-electron chi connectivity index (χ1n) is 6.65. The molecule has 0 unspecified atom stereocenters. The van der Waals surface area contributed by atoms with Crippen molar-refractivity contribution in [1.82, 2.24) is 9.97 Å². The molecule has 0 spiro atoms. The summed E-state index contributed by atoms with van der Waals surface area (Å²) in [4.78, 5) is 10.4. The fraction of sp³-hybridized carbons (Fsp3) is 0.333. The van der Waals surface area contributed by atoms with Crippen LogP contribution in [0.25, 0.3) is 0 Å². The van der Waals surface area contributed by atoms with Gasteiger partial charge in [-0.15, -0.1) is 0 Å². The van der Waals surface area contributed by atoms with Crippen LogP contribution < -0.4 is 4.90 Å². The highest BCUT2D eigenvalue weighted by atomic mass is 35.5. The highest BCUT2D eigenvalue weighted by Crippen LogP contribution is 2.18. The molecule has 6 heteroatoms. The predicted molar refractivity (Wildman–Crippen MR) is 80.9 cm³/mol. The van der Waals surface area contributed by atoms with E-state index in [9.17, 15) is 4.39 Å². The van der Waals surface area contributed by atoms with Crippen molar-refractivity contribution in [2.24, 2.45) is 0 Å². The van der Waals surface area contributed by atoms with Gasteiger partial charge in [0.1, 0.15) is 23.4 Å². The molecule has 0 radical (unpaired) electrons. The Hall–Kier alpha value is -1.72. The van der Waals surface area contributed by atoms with Crippen molar-refractivity contribution < 1.29 is 9.13 Å². The lowest BCUT2D eigenvalue weighted by atomic mass is 10.2. The second-order valence-electron chi connectivity index (χ2n) is 4.59. The zero-order valence-electron chi connectivity index (χ0n) is 12.0. The lowest BCUT2D eigenvalue weighted by Gasteiger charge is -2.19. The van der Waals surface area contributed by atoms with E-state index in [4.69, 9.17) is 16.3 Å². The molecule has 4 nitrogen and oxygen atoms in total. The maximum absolute atomic E-state index is 13.2. The highest BCUT2D eigenvalue weighted by molar-refractivity contribution is 6.29. The van der Waals surface area contributed by atoms with Crippen molar-refractivity contribution in [3.8, 4) is 0 Å². The van der Waals surface area contributed by atoms with Crippen molar-refractivity contribution in [1.29, 1.82) is 0 Å². The van der Waals surface area contributed by atoms with Gasteiger partial charge < -0.3 is 9.64 Å². The first-order valence-corrected chi connectivity index (χ1v) is 7.03. The molecule has 0 N–H and O–H groups in total. The summed E-state index contributed by atoms with van der Waals surface area (Å²) in [5.41, 5.74) is 0.860. The molecule has 0 saturated carbocycles. The third-order valence-electron chi connectivity index (χ3n) is 2.86. The highest BCUT2D eigenvalue weighted by Gasteiger charge is 2.09. The molecule has 0 fully saturated rings. The molecule has 1 heterocycles. The van der Waals surface area contributed by atoms with Crippen molar-refractivity contribution in [2.75, 3.05) is 18.6 Å². The normalized spacial score (nSPS) is 10.7. The summed E-state index contributed by atoms with van der Waals surface area (Å²) in [6.07, 6.45) is 0. The van der Waals surface area contributed by atoms with E-state index in [-0.39, 0.29) is 5.82 Å². The van der Waals surface area contributed by atoms with Gasteiger partial charge in [0.25, 0.3) is 0 Å². The summed E-state index contributed by atoms with van der Waals surface area (Å²) in [6, 6.07) is 8.15. The fourth-order valence-corrected chi connectivity index (χ4v) is 2.09. The van der Waals surface area contributed by atoms with Crippen molar-refractivity contribution in [3.05, 3.63) is 52.7 Å². The third kappa shape index (κ3) is 4.65. The Labute approximate surface area is 128 Å². The number of halogens is 2. The van der Waals surface area contributed by atoms with Gasteiger partial charge in [0.05, 0.1) is 0 Å². The molecule has 0 atom stereocenters. The van der Waals surface area contributed by atoms with Gasteiger partial charge in [-0.1, -0.05) is 23.7 Å². The van der Waals surface area contributed by atoms with Crippen molar-refractivity contribution in [3.63, 3.8) is 0 Å². The number of aromatic nitrogens is 2. The zero-order valence-corrected chi connectivity index (χ0v) is 12.8. The van der Waals surface area contributed by atoms with Gasteiger partial charge in [-0.3, -0.25) is 0 Å². The van der Waals surface area contributed by atoms with Gasteiger partial charge in [-0.25, -0.2) is 14.4 Å². The summed E-state index contributed by atoms with van der Waals surface area (Å²) < 4.78 is 18.5. The van der Waals surface area contributed by atoms with Crippen LogP contribution in [0.15, 0.2) is 30.3 Å². The minimum atomic E-state index is -0.251. The van der Waals surface area contributed by atoms with E-state index in [1.165, 1.54) is 12.1 Å². The van der Waals surface area contributed by atoms with E-state index < -0.39 is 0 Å². The zero-order chi connectivity index (χ0) is 15.2. The largest absolute Gasteiger partial charge is 0.374 e. The molecule has 0 aliphatic carbocycles. The Morgan fingerprint density at radius 1 is 1.29 bits per heavy atom. The number of nitrogens with zero attached hydrogens (tertiary/aromatic N) is 3. The van der Waals surface area contributed by atoms with Crippen LogP contribution in [0.3, 0.4) is 0 Å². The first kappa shape index (κ1) is 15.7. The second-order valence-corrected chi connectivity index (χ2v) is 4.98. The van der Waals surface area contributed by atoms with Gasteiger partial charge in [-0.2, -0.15) is 0 Å². The average molecular weight is 310 g/mol. The molecule has 0 aliphatic heterocycles. The molecule has 0 saturated heterocycles. The molecule has 1 aromatic heterocycles. The van der Waals surface area contributed by atoms with Crippen LogP contribution in [-0.2, 0) is 17.9 Å². The molecular weight excluding hydrogens is 293 g/mol. The van der Waals surface area contributed by atoms with Gasteiger partial charge in [-0.05, 0) is 24.6 Å². The SMILES string of the molecule is CCOCc1nc(Cl)cc(N(C)Cc2cccc(F)c2)n1. The standard InChI is InChI=1S/C15H17ClFN3O/c1-3-21-10-14-18-13(16)8-15(19-14)20(2)9-11-5-4-6-12(17)7-11/h4-8H,3,9-10H2,1-2H3. The summed E-state index contributed by atoms with van der Waals surface area (Å²) in [5, 5.41) is 0.362. The lowest BCUT2D eigenvalue weighted by Crippen LogP contribution is -2.19. The van der Waals surface area contributed by atoms with E-state index in [2.05, 4.69) is 9.97 Å². The number of hydrogen-bond acceptors (Lipinski definition) is 4. The maximum atomic E-state index is 13.2.